The van der Waals surface area contributed by atoms with Gasteiger partial charge in [0.15, 0.2) is 0 Å². The molecular formula is C6H5BF-. The minimum absolute atomic E-state index is 0.583. The van der Waals surface area contributed by atoms with Gasteiger partial charge >= 0.3 is 47.7 Å². The topological polar surface area (TPSA) is 0 Å². The Kier molecular flexibility index (Phi) is 1.68. The first-order valence-corrected chi connectivity index (χ1v) is 2.42. The average Bonchev–Trinajstić information content (AvgIpc) is 1.90. The molecule has 0 saturated carbocycles. The van der Waals surface area contributed by atoms with Gasteiger partial charge in [-0.1, -0.05) is 0 Å². The van der Waals surface area contributed by atoms with E-state index in [9.17, 15) is 4.32 Å². The van der Waals surface area contributed by atoms with E-state index in [0.29, 0.717) is 12.7 Å². The summed E-state index contributed by atoms with van der Waals surface area (Å²) in [5.74, 6) is 0. The van der Waals surface area contributed by atoms with E-state index in [0.717, 1.165) is 0 Å². The molecular weight excluding hydrogens is 102 g/mol. The van der Waals surface area contributed by atoms with Crippen molar-refractivity contribution in [1.82, 2.24) is 0 Å². The third kappa shape index (κ3) is 1.09. The Bertz CT molecular complexity index is 142. The molecule has 0 heterocycles. The maximum atomic E-state index is 11.6. The van der Waals surface area contributed by atoms with Crippen molar-refractivity contribution in [2.24, 2.45) is 0 Å². The van der Waals surface area contributed by atoms with E-state index in [4.69, 9.17) is 0 Å². The van der Waals surface area contributed by atoms with Crippen molar-refractivity contribution in [2.45, 2.75) is 0 Å². The fraction of sp³-hybridized carbons (Fsp3) is 0. The Balaban J connectivity index is 2.69. The monoisotopic (exact) mass is 107 g/mol. The molecule has 0 amide bonds. The van der Waals surface area contributed by atoms with Crippen molar-refractivity contribution < 1.29 is 4.32 Å². The van der Waals surface area contributed by atoms with Gasteiger partial charge in [0.1, 0.15) is 0 Å². The summed E-state index contributed by atoms with van der Waals surface area (Å²) in [6, 6.07) is 0. The van der Waals surface area contributed by atoms with Crippen LogP contribution in [-0.4, -0.2) is 12.7 Å². The molecule has 40 valence electrons. The predicted molar refractivity (Wildman–Crippen MR) is 34.4 cm³/mol. The van der Waals surface area contributed by atoms with Gasteiger partial charge in [0.05, 0.1) is 0 Å². The van der Waals surface area contributed by atoms with E-state index < -0.39 is 0 Å². The summed E-state index contributed by atoms with van der Waals surface area (Å²) in [7, 11) is 0.583. The minimum atomic E-state index is 0.583. The zero-order valence-corrected chi connectivity index (χ0v) is 4.34. The van der Waals surface area contributed by atoms with Gasteiger partial charge in [-0.05, 0) is 0 Å². The summed E-state index contributed by atoms with van der Waals surface area (Å²) in [4.78, 5) is 0. The molecule has 0 saturated heterocycles. The first kappa shape index (κ1) is 5.35. The summed E-state index contributed by atoms with van der Waals surface area (Å²) in [5, 5.41) is 0. The molecule has 0 nitrogen and oxygen atoms in total. The molecule has 1 aliphatic carbocycles. The Hall–Kier alpha value is -0.785. The molecule has 0 fully saturated rings. The van der Waals surface area contributed by atoms with Crippen LogP contribution in [0.15, 0.2) is 24.3 Å². The van der Waals surface area contributed by atoms with Crippen LogP contribution in [-0.2, 0) is 0 Å². The second-order valence-electron chi connectivity index (χ2n) is 1.52. The van der Waals surface area contributed by atoms with Crippen molar-refractivity contribution in [3.8, 4) is 0 Å². The van der Waals surface area contributed by atoms with Crippen molar-refractivity contribution in [3.63, 3.8) is 0 Å². The summed E-state index contributed by atoms with van der Waals surface area (Å²) >= 11 is 0. The standard InChI is InChI=1S/C6H5BF/c8-7-6-4-2-1-3-5-6/h1-5H/q-1. The second kappa shape index (κ2) is 2.50. The molecule has 1 rings (SSSR count). The van der Waals surface area contributed by atoms with Crippen LogP contribution >= 0.6 is 0 Å². The Morgan fingerprint density at radius 1 is 1.38 bits per heavy atom. The predicted octanol–water partition coefficient (Wildman–Crippen LogP) is 1.08. The first-order valence-electron chi connectivity index (χ1n) is 2.42. The molecule has 1 aliphatic rings. The first-order chi connectivity index (χ1) is 3.93. The third-order valence-corrected chi connectivity index (χ3v) is 0.926. The Labute approximate surface area is 48.7 Å². The van der Waals surface area contributed by atoms with E-state index >= 15 is 0 Å². The van der Waals surface area contributed by atoms with E-state index in [1.807, 2.05) is 6.42 Å². The molecule has 0 unspecified atom stereocenters. The van der Waals surface area contributed by atoms with Crippen molar-refractivity contribution in [2.75, 3.05) is 0 Å². The molecule has 0 aliphatic heterocycles. The number of hydrogen-bond acceptors (Lipinski definition) is 0. The fourth-order valence-electron chi connectivity index (χ4n) is 0.526. The molecule has 2 heteroatoms. The number of hydrogen-bond donors (Lipinski definition) is 0. The van der Waals surface area contributed by atoms with Crippen molar-refractivity contribution in [1.29, 1.82) is 0 Å². The second-order valence-corrected chi connectivity index (χ2v) is 1.52. The molecule has 0 aromatic carbocycles. The van der Waals surface area contributed by atoms with Crippen LogP contribution < -0.4 is 0 Å². The molecule has 0 spiro atoms. The van der Waals surface area contributed by atoms with Crippen molar-refractivity contribution in [3.05, 3.63) is 30.7 Å². The van der Waals surface area contributed by atoms with Crippen LogP contribution in [0, 0.1) is 6.42 Å². The van der Waals surface area contributed by atoms with Gasteiger partial charge in [-0.3, -0.25) is 0 Å². The molecule has 0 aromatic heterocycles. The van der Waals surface area contributed by atoms with E-state index in [2.05, 4.69) is 0 Å². The zero-order chi connectivity index (χ0) is 5.82. The SMILES string of the molecule is FB=C1C=C[CH-]C=C1. The van der Waals surface area contributed by atoms with Crippen LogP contribution in [0.2, 0.25) is 0 Å². The molecule has 8 heavy (non-hydrogen) atoms. The Morgan fingerprint density at radius 2 is 2.00 bits per heavy atom. The molecule has 0 atom stereocenters. The van der Waals surface area contributed by atoms with E-state index in [1.165, 1.54) is 0 Å². The fourth-order valence-corrected chi connectivity index (χ4v) is 0.526. The summed E-state index contributed by atoms with van der Waals surface area (Å²) in [6.07, 6.45) is 8.86. The summed E-state index contributed by atoms with van der Waals surface area (Å²) < 4.78 is 11.6. The van der Waals surface area contributed by atoms with Crippen LogP contribution in [0.3, 0.4) is 0 Å². The van der Waals surface area contributed by atoms with Gasteiger partial charge in [0, 0.05) is 0 Å². The van der Waals surface area contributed by atoms with Gasteiger partial charge < -0.3 is 0 Å². The van der Waals surface area contributed by atoms with Crippen LogP contribution in [0.5, 0.6) is 0 Å². The Morgan fingerprint density at radius 3 is 2.38 bits per heavy atom. The van der Waals surface area contributed by atoms with Gasteiger partial charge in [-0.15, -0.1) is 0 Å². The van der Waals surface area contributed by atoms with Crippen LogP contribution in [0.25, 0.3) is 0 Å². The number of rotatable bonds is 0. The normalized spacial score (nSPS) is 15.4. The van der Waals surface area contributed by atoms with Gasteiger partial charge in [-0.2, -0.15) is 0 Å². The summed E-state index contributed by atoms with van der Waals surface area (Å²) in [5.41, 5.74) is 0.618. The number of allylic oxidation sites excluding steroid dienone is 4. The quantitative estimate of drug-likeness (QED) is 0.321. The molecule has 0 aromatic rings. The van der Waals surface area contributed by atoms with Gasteiger partial charge in [0.2, 0.25) is 0 Å². The maximum absolute atomic E-state index is 11.6. The van der Waals surface area contributed by atoms with Gasteiger partial charge in [0.25, 0.3) is 0 Å². The molecule has 0 bridgehead atoms. The average molecular weight is 107 g/mol. The van der Waals surface area contributed by atoms with E-state index in [-0.39, 0.29) is 0 Å². The third-order valence-electron chi connectivity index (χ3n) is 0.926. The molecule has 0 radical (unpaired) electrons. The van der Waals surface area contributed by atoms with Crippen LogP contribution in [0.1, 0.15) is 0 Å². The van der Waals surface area contributed by atoms with Gasteiger partial charge in [-0.25, -0.2) is 0 Å². The van der Waals surface area contributed by atoms with E-state index in [1.54, 1.807) is 24.3 Å². The van der Waals surface area contributed by atoms with Crippen molar-refractivity contribution >= 4 is 12.7 Å². The zero-order valence-electron chi connectivity index (χ0n) is 4.34. The summed E-state index contributed by atoms with van der Waals surface area (Å²) in [6.45, 7) is 0. The number of halogens is 1. The molecule has 0 N–H and O–H groups in total. The van der Waals surface area contributed by atoms with Crippen LogP contribution in [0.4, 0.5) is 4.32 Å².